The minimum atomic E-state index is -4.20. The zero-order chi connectivity index (χ0) is 35.7. The minimum absolute atomic E-state index is 0.0167. The van der Waals surface area contributed by atoms with Crippen LogP contribution in [0.15, 0.2) is 53.4 Å². The van der Waals surface area contributed by atoms with Gasteiger partial charge in [-0.25, -0.2) is 18.0 Å². The summed E-state index contributed by atoms with van der Waals surface area (Å²) in [6, 6.07) is 12.8. The molecule has 2 amide bonds. The summed E-state index contributed by atoms with van der Waals surface area (Å²) in [5.74, 6) is 0.674. The van der Waals surface area contributed by atoms with Gasteiger partial charge in [0.25, 0.3) is 0 Å². The fraction of sp³-hybridized carbons (Fsp3) is 0.600. The van der Waals surface area contributed by atoms with Crippen molar-refractivity contribution in [3.63, 3.8) is 0 Å². The number of sulfonamides is 1. The van der Waals surface area contributed by atoms with Crippen LogP contribution in [-0.2, 0) is 35.4 Å². The molecule has 50 heavy (non-hydrogen) atoms. The Morgan fingerprint density at radius 2 is 1.86 bits per heavy atom. The SMILES string of the molecule is CCCNC(=O)OCCCC(C)(C)CN(C[C@@H](O)[C@H](Cc1ccccc1)NC(=O)O[C@H]1CO[C@H]2OCC[C@H]21)S(=O)(=O)c1ccc2c(c1)OCO2. The molecule has 3 heterocycles. The number of amides is 2. The molecule has 0 unspecified atom stereocenters. The summed E-state index contributed by atoms with van der Waals surface area (Å²) < 4.78 is 62.9. The quantitative estimate of drug-likeness (QED) is 0.203. The smallest absolute Gasteiger partial charge is 0.407 e. The maximum Gasteiger partial charge on any atom is 0.407 e. The lowest BCUT2D eigenvalue weighted by Crippen LogP contribution is -2.52. The Morgan fingerprint density at radius 3 is 2.64 bits per heavy atom. The Morgan fingerprint density at radius 1 is 1.08 bits per heavy atom. The number of fused-ring (bicyclic) bond motifs is 2. The van der Waals surface area contributed by atoms with Gasteiger partial charge in [-0.15, -0.1) is 0 Å². The standard InChI is InChI=1S/C35H49N3O11S/c1-4-15-36-33(40)45-16-8-14-35(2,3)22-38(50(42,43)25-11-12-29-30(19-25)48-23-47-29)20-28(39)27(18-24-9-6-5-7-10-24)37-34(41)49-31-21-46-32-26(31)13-17-44-32/h5-7,9-12,19,26-28,31-32,39H,4,8,13-18,20-23H2,1-3H3,(H,36,40)(H,37,41)/t26-,27-,28+,31-,32+/m0/s1. The van der Waals surface area contributed by atoms with Crippen LogP contribution in [0.5, 0.6) is 11.5 Å². The van der Waals surface area contributed by atoms with Gasteiger partial charge in [-0.05, 0) is 55.2 Å². The number of nitrogens with zero attached hydrogens (tertiary/aromatic N) is 1. The molecule has 0 spiro atoms. The first-order chi connectivity index (χ1) is 23.9. The summed E-state index contributed by atoms with van der Waals surface area (Å²) in [6.45, 7) is 6.87. The number of benzene rings is 2. The van der Waals surface area contributed by atoms with Crippen LogP contribution in [0.3, 0.4) is 0 Å². The number of aliphatic hydroxyl groups excluding tert-OH is 1. The summed E-state index contributed by atoms with van der Waals surface area (Å²) >= 11 is 0. The molecule has 2 fully saturated rings. The predicted octanol–water partition coefficient (Wildman–Crippen LogP) is 3.81. The van der Waals surface area contributed by atoms with E-state index in [1.165, 1.54) is 16.4 Å². The summed E-state index contributed by atoms with van der Waals surface area (Å²) in [4.78, 5) is 25.1. The molecule has 0 aliphatic carbocycles. The van der Waals surface area contributed by atoms with E-state index in [0.29, 0.717) is 43.9 Å². The van der Waals surface area contributed by atoms with E-state index in [-0.39, 0.29) is 50.3 Å². The van der Waals surface area contributed by atoms with Crippen molar-refractivity contribution in [2.45, 2.75) is 82.3 Å². The van der Waals surface area contributed by atoms with E-state index in [4.69, 9.17) is 28.4 Å². The molecule has 3 N–H and O–H groups in total. The minimum Gasteiger partial charge on any atom is -0.454 e. The van der Waals surface area contributed by atoms with Gasteiger partial charge in [0.15, 0.2) is 17.8 Å². The predicted molar refractivity (Wildman–Crippen MR) is 181 cm³/mol. The second kappa shape index (κ2) is 17.1. The molecule has 0 aromatic heterocycles. The van der Waals surface area contributed by atoms with Crippen molar-refractivity contribution in [2.24, 2.45) is 11.3 Å². The average Bonchev–Trinajstić information content (AvgIpc) is 3.84. The number of hydrogen-bond donors (Lipinski definition) is 3. The summed E-state index contributed by atoms with van der Waals surface area (Å²) in [7, 11) is -4.20. The van der Waals surface area contributed by atoms with E-state index in [0.717, 1.165) is 12.0 Å². The lowest BCUT2D eigenvalue weighted by atomic mass is 9.87. The van der Waals surface area contributed by atoms with Crippen LogP contribution in [0.25, 0.3) is 0 Å². The maximum atomic E-state index is 14.3. The first-order valence-corrected chi connectivity index (χ1v) is 18.6. The molecule has 0 radical (unpaired) electrons. The molecule has 2 saturated heterocycles. The first-order valence-electron chi connectivity index (χ1n) is 17.2. The monoisotopic (exact) mass is 719 g/mol. The van der Waals surface area contributed by atoms with Crippen molar-refractivity contribution in [1.29, 1.82) is 0 Å². The third-order valence-corrected chi connectivity index (χ3v) is 10.8. The Labute approximate surface area is 293 Å². The van der Waals surface area contributed by atoms with Crippen molar-refractivity contribution in [3.05, 3.63) is 54.1 Å². The van der Waals surface area contributed by atoms with Crippen LogP contribution in [0.1, 0.15) is 52.0 Å². The lowest BCUT2D eigenvalue weighted by molar-refractivity contribution is -0.0907. The molecule has 3 aliphatic rings. The molecule has 2 aromatic carbocycles. The van der Waals surface area contributed by atoms with Crippen LogP contribution in [-0.4, -0.2) is 101 Å². The third kappa shape index (κ3) is 10.00. The topological polar surface area (TPSA) is 171 Å². The Hall–Kier alpha value is -3.63. The third-order valence-electron chi connectivity index (χ3n) is 9.04. The van der Waals surface area contributed by atoms with Gasteiger partial charge < -0.3 is 44.2 Å². The van der Waals surface area contributed by atoms with Gasteiger partial charge in [-0.2, -0.15) is 4.31 Å². The second-order valence-electron chi connectivity index (χ2n) is 13.6. The number of nitrogens with one attached hydrogen (secondary N) is 2. The van der Waals surface area contributed by atoms with Crippen LogP contribution in [0.4, 0.5) is 9.59 Å². The maximum absolute atomic E-state index is 14.3. The molecule has 2 aromatic rings. The first kappa shape index (κ1) is 37.6. The normalized spacial score (nSPS) is 21.0. The molecular formula is C35H49N3O11S. The number of ether oxygens (including phenoxy) is 6. The van der Waals surface area contributed by atoms with Gasteiger partial charge in [-0.1, -0.05) is 51.1 Å². The molecule has 5 atom stereocenters. The van der Waals surface area contributed by atoms with Crippen molar-refractivity contribution in [3.8, 4) is 11.5 Å². The van der Waals surface area contributed by atoms with Crippen molar-refractivity contribution in [1.82, 2.24) is 14.9 Å². The molecule has 5 rings (SSSR count). The Bertz CT molecular complexity index is 1540. The molecule has 15 heteroatoms. The largest absolute Gasteiger partial charge is 0.454 e. The van der Waals surface area contributed by atoms with Crippen LogP contribution in [0, 0.1) is 11.3 Å². The van der Waals surface area contributed by atoms with E-state index in [1.807, 2.05) is 51.1 Å². The number of aliphatic hydroxyl groups is 1. The summed E-state index contributed by atoms with van der Waals surface area (Å²) in [5, 5.41) is 17.3. The zero-order valence-electron chi connectivity index (χ0n) is 28.9. The van der Waals surface area contributed by atoms with Gasteiger partial charge in [0, 0.05) is 25.7 Å². The molecule has 0 saturated carbocycles. The Balaban J connectivity index is 1.33. The van der Waals surface area contributed by atoms with Crippen LogP contribution < -0.4 is 20.1 Å². The summed E-state index contributed by atoms with van der Waals surface area (Å²) in [5.41, 5.74) is 0.231. The van der Waals surface area contributed by atoms with Gasteiger partial charge in [0.1, 0.15) is 6.10 Å². The average molecular weight is 720 g/mol. The fourth-order valence-corrected chi connectivity index (χ4v) is 8.00. The highest BCUT2D eigenvalue weighted by Gasteiger charge is 2.44. The van der Waals surface area contributed by atoms with Crippen LogP contribution in [0.2, 0.25) is 0 Å². The van der Waals surface area contributed by atoms with E-state index in [9.17, 15) is 23.1 Å². The van der Waals surface area contributed by atoms with Crippen molar-refractivity contribution < 1.29 is 51.5 Å². The van der Waals surface area contributed by atoms with Crippen molar-refractivity contribution >= 4 is 22.2 Å². The number of rotatable bonds is 17. The molecule has 3 aliphatic heterocycles. The van der Waals surface area contributed by atoms with Crippen LogP contribution >= 0.6 is 0 Å². The van der Waals surface area contributed by atoms with E-state index < -0.39 is 52.2 Å². The lowest BCUT2D eigenvalue weighted by Gasteiger charge is -2.35. The Kier molecular flexibility index (Phi) is 12.8. The highest BCUT2D eigenvalue weighted by atomic mass is 32.2. The summed E-state index contributed by atoms with van der Waals surface area (Å²) in [6.07, 6.45) is -0.743. The van der Waals surface area contributed by atoms with E-state index in [1.54, 1.807) is 6.07 Å². The molecule has 276 valence electrons. The highest BCUT2D eigenvalue weighted by molar-refractivity contribution is 7.89. The highest BCUT2D eigenvalue weighted by Crippen LogP contribution is 2.36. The zero-order valence-corrected chi connectivity index (χ0v) is 29.7. The van der Waals surface area contributed by atoms with Gasteiger partial charge >= 0.3 is 12.2 Å². The number of carbonyl (C=O) groups excluding carboxylic acids is 2. The molecule has 0 bridgehead atoms. The van der Waals surface area contributed by atoms with E-state index >= 15 is 0 Å². The number of carbonyl (C=O) groups is 2. The fourth-order valence-electron chi connectivity index (χ4n) is 6.34. The van der Waals surface area contributed by atoms with E-state index in [2.05, 4.69) is 10.6 Å². The van der Waals surface area contributed by atoms with Gasteiger partial charge in [0.2, 0.25) is 16.8 Å². The molecule has 14 nitrogen and oxygen atoms in total. The molecular weight excluding hydrogens is 670 g/mol. The second-order valence-corrected chi connectivity index (χ2v) is 15.6. The number of alkyl carbamates (subject to hydrolysis) is 2. The van der Waals surface area contributed by atoms with Gasteiger partial charge in [0.05, 0.1) is 42.8 Å². The van der Waals surface area contributed by atoms with Crippen molar-refractivity contribution in [2.75, 3.05) is 46.2 Å². The number of hydrogen-bond acceptors (Lipinski definition) is 11. The van der Waals surface area contributed by atoms with Gasteiger partial charge in [-0.3, -0.25) is 0 Å².